The van der Waals surface area contributed by atoms with Crippen LogP contribution < -0.4 is 26.6 Å². The molecule has 0 saturated carbocycles. The van der Waals surface area contributed by atoms with Crippen molar-refractivity contribution in [1.29, 1.82) is 0 Å². The van der Waals surface area contributed by atoms with Crippen LogP contribution in [0.3, 0.4) is 0 Å². The molecule has 1 aromatic carbocycles. The minimum absolute atomic E-state index is 0.00734. The van der Waals surface area contributed by atoms with Gasteiger partial charge in [-0.15, -0.1) is 0 Å². The summed E-state index contributed by atoms with van der Waals surface area (Å²) in [6.45, 7) is 4.03. The first-order valence-electron chi connectivity index (χ1n) is 9.75. The van der Waals surface area contributed by atoms with Gasteiger partial charge in [-0.05, 0) is 18.2 Å². The molecule has 7 N–H and O–H groups in total. The summed E-state index contributed by atoms with van der Waals surface area (Å²) >= 11 is 0. The fourth-order valence-electron chi connectivity index (χ4n) is 2.49. The number of rotatable bonds is 12. The van der Waals surface area contributed by atoms with Crippen molar-refractivity contribution in [2.75, 3.05) is 42.1 Å². The smallest absolute Gasteiger partial charge is 0.335 e. The lowest BCUT2D eigenvalue weighted by atomic mass is 10.1. The lowest BCUT2D eigenvalue weighted by Crippen LogP contribution is -2.27. The minimum Gasteiger partial charge on any atom is -0.478 e. The van der Waals surface area contributed by atoms with Crippen LogP contribution in [0.5, 0.6) is 0 Å². The van der Waals surface area contributed by atoms with E-state index >= 15 is 0 Å². The number of aromatic nitrogens is 3. The number of aromatic carboxylic acids is 2. The van der Waals surface area contributed by atoms with Crippen molar-refractivity contribution in [3.63, 3.8) is 0 Å². The molecule has 2 aromatic rings. The molecule has 1 heterocycles. The van der Waals surface area contributed by atoms with Gasteiger partial charge in [0.15, 0.2) is 0 Å². The molecule has 176 valence electrons. The molecule has 14 nitrogen and oxygen atoms in total. The number of carbonyl (C=O) groups is 4. The van der Waals surface area contributed by atoms with Crippen molar-refractivity contribution < 1.29 is 29.4 Å². The molecule has 1 aromatic heterocycles. The number of hydrogen-bond donors (Lipinski definition) is 7. The quantitative estimate of drug-likeness (QED) is 0.211. The van der Waals surface area contributed by atoms with Crippen LogP contribution in [-0.4, -0.2) is 75.1 Å². The monoisotopic (exact) mass is 460 g/mol. The summed E-state index contributed by atoms with van der Waals surface area (Å²) in [5.74, 6) is -2.67. The highest BCUT2D eigenvalue weighted by Crippen LogP contribution is 2.20. The predicted molar refractivity (Wildman–Crippen MR) is 118 cm³/mol. The second-order valence-electron chi connectivity index (χ2n) is 6.66. The van der Waals surface area contributed by atoms with E-state index in [4.69, 9.17) is 0 Å². The van der Waals surface area contributed by atoms with E-state index in [0.717, 1.165) is 6.07 Å². The largest absolute Gasteiger partial charge is 0.478 e. The molecular formula is C19H24N8O6. The first-order chi connectivity index (χ1) is 15.6. The van der Waals surface area contributed by atoms with Gasteiger partial charge in [0.05, 0.1) is 11.1 Å². The number of carboxylic acids is 2. The number of hydrogen-bond acceptors (Lipinski definition) is 10. The average Bonchev–Trinajstić information content (AvgIpc) is 2.73. The summed E-state index contributed by atoms with van der Waals surface area (Å²) in [5, 5.41) is 32.3. The van der Waals surface area contributed by atoms with Gasteiger partial charge in [-0.2, -0.15) is 15.0 Å². The van der Waals surface area contributed by atoms with Crippen LogP contribution in [0, 0.1) is 0 Å². The first kappa shape index (κ1) is 24.8. The SMILES string of the molecule is CC(=O)NCCNc1nc(NCCNC(C)=O)nc(Nc2cc(C(=O)O)cc(C(=O)O)c2)n1. The molecule has 0 atom stereocenters. The van der Waals surface area contributed by atoms with Crippen molar-refractivity contribution in [2.45, 2.75) is 13.8 Å². The lowest BCUT2D eigenvalue weighted by Gasteiger charge is -2.12. The Morgan fingerprint density at radius 3 is 1.52 bits per heavy atom. The van der Waals surface area contributed by atoms with E-state index in [-0.39, 0.29) is 46.5 Å². The lowest BCUT2D eigenvalue weighted by molar-refractivity contribution is -0.119. The summed E-state index contributed by atoms with van der Waals surface area (Å²) in [6.07, 6.45) is 0. The third kappa shape index (κ3) is 8.64. The maximum absolute atomic E-state index is 11.3. The molecule has 0 saturated heterocycles. The molecule has 0 aliphatic carbocycles. The molecule has 2 amide bonds. The summed E-state index contributed by atoms with van der Waals surface area (Å²) in [4.78, 5) is 57.2. The molecule has 0 radical (unpaired) electrons. The first-order valence-corrected chi connectivity index (χ1v) is 9.75. The van der Waals surface area contributed by atoms with E-state index < -0.39 is 11.9 Å². The Hall–Kier alpha value is -4.49. The second-order valence-corrected chi connectivity index (χ2v) is 6.66. The third-order valence-electron chi connectivity index (χ3n) is 3.88. The number of carbonyl (C=O) groups excluding carboxylic acids is 2. The number of amides is 2. The van der Waals surface area contributed by atoms with E-state index in [9.17, 15) is 29.4 Å². The Morgan fingerprint density at radius 1 is 0.697 bits per heavy atom. The molecule has 0 aliphatic rings. The fourth-order valence-corrected chi connectivity index (χ4v) is 2.49. The van der Waals surface area contributed by atoms with Gasteiger partial charge in [0.2, 0.25) is 29.7 Å². The summed E-state index contributed by atoms with van der Waals surface area (Å²) < 4.78 is 0. The highest BCUT2D eigenvalue weighted by Gasteiger charge is 2.13. The molecule has 33 heavy (non-hydrogen) atoms. The minimum atomic E-state index is -1.29. The van der Waals surface area contributed by atoms with Gasteiger partial charge in [-0.25, -0.2) is 9.59 Å². The van der Waals surface area contributed by atoms with Crippen molar-refractivity contribution in [3.05, 3.63) is 29.3 Å². The van der Waals surface area contributed by atoms with Crippen LogP contribution in [0.25, 0.3) is 0 Å². The number of benzene rings is 1. The van der Waals surface area contributed by atoms with Gasteiger partial charge in [0, 0.05) is 45.7 Å². The normalized spacial score (nSPS) is 10.1. The van der Waals surface area contributed by atoms with Crippen LogP contribution in [0.2, 0.25) is 0 Å². The number of nitrogens with one attached hydrogen (secondary N) is 5. The van der Waals surface area contributed by atoms with Crippen LogP contribution in [0.1, 0.15) is 34.6 Å². The van der Waals surface area contributed by atoms with Crippen LogP contribution in [0.15, 0.2) is 18.2 Å². The Kier molecular flexibility index (Phi) is 8.85. The Labute approximate surface area is 188 Å². The Morgan fingerprint density at radius 2 is 1.12 bits per heavy atom. The zero-order valence-corrected chi connectivity index (χ0v) is 17.9. The number of anilines is 4. The number of carboxylic acid groups (broad SMARTS) is 2. The van der Waals surface area contributed by atoms with Crippen molar-refractivity contribution in [1.82, 2.24) is 25.6 Å². The number of nitrogens with zero attached hydrogens (tertiary/aromatic N) is 3. The molecule has 14 heteroatoms. The molecular weight excluding hydrogens is 436 g/mol. The van der Waals surface area contributed by atoms with Crippen molar-refractivity contribution in [2.24, 2.45) is 0 Å². The summed E-state index contributed by atoms with van der Waals surface area (Å²) in [6, 6.07) is 3.52. The van der Waals surface area contributed by atoms with Gasteiger partial charge in [0.25, 0.3) is 0 Å². The Bertz CT molecular complexity index is 972. The molecule has 0 unspecified atom stereocenters. The zero-order chi connectivity index (χ0) is 24.4. The highest BCUT2D eigenvalue weighted by molar-refractivity contribution is 5.95. The second kappa shape index (κ2) is 11.8. The van der Waals surface area contributed by atoms with E-state index in [2.05, 4.69) is 41.5 Å². The molecule has 0 spiro atoms. The van der Waals surface area contributed by atoms with E-state index in [0.29, 0.717) is 26.2 Å². The van der Waals surface area contributed by atoms with Crippen LogP contribution >= 0.6 is 0 Å². The molecule has 0 bridgehead atoms. The maximum Gasteiger partial charge on any atom is 0.335 e. The average molecular weight is 460 g/mol. The van der Waals surface area contributed by atoms with Crippen LogP contribution in [-0.2, 0) is 9.59 Å². The van der Waals surface area contributed by atoms with Gasteiger partial charge in [-0.1, -0.05) is 0 Å². The molecule has 2 rings (SSSR count). The maximum atomic E-state index is 11.3. The predicted octanol–water partition coefficient (Wildman–Crippen LogP) is 0.108. The van der Waals surface area contributed by atoms with Gasteiger partial charge in [0.1, 0.15) is 0 Å². The summed E-state index contributed by atoms with van der Waals surface area (Å²) in [5.41, 5.74) is -0.311. The van der Waals surface area contributed by atoms with Crippen molar-refractivity contribution in [3.8, 4) is 0 Å². The standard InChI is InChI=1S/C19H24N8O6/c1-10(28)20-3-5-22-17-25-18(23-6-4-21-11(2)29)27-19(26-17)24-14-8-12(15(30)31)7-13(9-14)16(32)33/h7-9H,3-6H2,1-2H3,(H,20,28)(H,21,29)(H,30,31)(H,32,33)(H3,22,23,24,25,26,27). The van der Waals surface area contributed by atoms with E-state index in [1.807, 2.05) is 0 Å². The molecule has 0 fully saturated rings. The summed E-state index contributed by atoms with van der Waals surface area (Å²) in [7, 11) is 0. The van der Waals surface area contributed by atoms with E-state index in [1.54, 1.807) is 0 Å². The van der Waals surface area contributed by atoms with Gasteiger partial charge in [-0.3, -0.25) is 9.59 Å². The topological polar surface area (TPSA) is 208 Å². The highest BCUT2D eigenvalue weighted by atomic mass is 16.4. The van der Waals surface area contributed by atoms with E-state index in [1.165, 1.54) is 26.0 Å². The molecule has 0 aliphatic heterocycles. The van der Waals surface area contributed by atoms with Crippen molar-refractivity contribution >= 4 is 47.3 Å². The van der Waals surface area contributed by atoms with Gasteiger partial charge < -0.3 is 36.8 Å². The third-order valence-corrected chi connectivity index (χ3v) is 3.88. The van der Waals surface area contributed by atoms with Crippen LogP contribution in [0.4, 0.5) is 23.5 Å². The zero-order valence-electron chi connectivity index (χ0n) is 17.9. The van der Waals surface area contributed by atoms with Gasteiger partial charge >= 0.3 is 11.9 Å². The Balaban J connectivity index is 2.25. The fraction of sp³-hybridized carbons (Fsp3) is 0.316.